The number of ether oxygens (including phenoxy) is 1. The third-order valence-corrected chi connectivity index (χ3v) is 3.29. The van der Waals surface area contributed by atoms with E-state index in [-0.39, 0.29) is 18.5 Å². The number of rotatable bonds is 6. The zero-order chi connectivity index (χ0) is 15.1. The van der Waals surface area contributed by atoms with Crippen molar-refractivity contribution < 1.29 is 14.3 Å². The van der Waals surface area contributed by atoms with Crippen LogP contribution in [0.2, 0.25) is 0 Å². The Kier molecular flexibility index (Phi) is 6.52. The van der Waals surface area contributed by atoms with E-state index in [4.69, 9.17) is 16.3 Å². The highest BCUT2D eigenvalue weighted by molar-refractivity contribution is 6.21. The van der Waals surface area contributed by atoms with Crippen LogP contribution in [0.5, 0.6) is 0 Å². The molecule has 0 bridgehead atoms. The Morgan fingerprint density at radius 2 is 1.75 bits per heavy atom. The highest BCUT2D eigenvalue weighted by atomic mass is 35.5. The van der Waals surface area contributed by atoms with Crippen molar-refractivity contribution in [2.75, 3.05) is 17.5 Å². The van der Waals surface area contributed by atoms with Gasteiger partial charge in [-0.1, -0.05) is 32.0 Å². The number of carbonyl (C=O) groups excluding carboxylic acids is 2. The summed E-state index contributed by atoms with van der Waals surface area (Å²) in [6.07, 6.45) is 1.61. The maximum Gasteiger partial charge on any atom is 0.303 e. The van der Waals surface area contributed by atoms with Crippen LogP contribution in [-0.2, 0) is 27.2 Å². The van der Waals surface area contributed by atoms with E-state index in [1.54, 1.807) is 0 Å². The largest absolute Gasteiger partial charge is 0.456 e. The molecule has 1 rings (SSSR count). The lowest BCUT2D eigenvalue weighted by atomic mass is 10.0. The fraction of sp³-hybridized carbons (Fsp3) is 0.467. The minimum absolute atomic E-state index is 0.0319. The molecule has 0 aliphatic carbocycles. The van der Waals surface area contributed by atoms with Gasteiger partial charge < -0.3 is 4.74 Å². The van der Waals surface area contributed by atoms with Crippen LogP contribution in [0, 0.1) is 0 Å². The standard InChI is InChI=1S/C15H20ClNO3/c1-4-12-7-6-8-13(5-2)15(12)17(10-16)14(19)9-20-11(3)18/h6-8H,4-5,9-10H2,1-3H3. The van der Waals surface area contributed by atoms with Gasteiger partial charge in [0.05, 0.1) is 5.69 Å². The van der Waals surface area contributed by atoms with Crippen molar-refractivity contribution in [3.05, 3.63) is 29.3 Å². The third kappa shape index (κ3) is 3.97. The number of benzene rings is 1. The molecular weight excluding hydrogens is 278 g/mol. The molecule has 0 fully saturated rings. The molecule has 1 aromatic carbocycles. The molecule has 20 heavy (non-hydrogen) atoms. The van der Waals surface area contributed by atoms with Gasteiger partial charge in [-0.15, -0.1) is 11.6 Å². The molecule has 4 nitrogen and oxygen atoms in total. The quantitative estimate of drug-likeness (QED) is 0.461. The number of carbonyl (C=O) groups is 2. The van der Waals surface area contributed by atoms with Gasteiger partial charge in [-0.05, 0) is 24.0 Å². The second-order valence-corrected chi connectivity index (χ2v) is 4.59. The summed E-state index contributed by atoms with van der Waals surface area (Å²) < 4.78 is 4.77. The second-order valence-electron chi connectivity index (χ2n) is 4.35. The summed E-state index contributed by atoms with van der Waals surface area (Å²) in [6.45, 7) is 5.04. The molecule has 0 spiro atoms. The Morgan fingerprint density at radius 1 is 1.20 bits per heavy atom. The van der Waals surface area contributed by atoms with Crippen molar-refractivity contribution in [3.8, 4) is 0 Å². The topological polar surface area (TPSA) is 46.6 Å². The Balaban J connectivity index is 3.10. The van der Waals surface area contributed by atoms with Crippen LogP contribution in [-0.4, -0.2) is 24.5 Å². The van der Waals surface area contributed by atoms with E-state index in [1.165, 1.54) is 11.8 Å². The molecule has 0 radical (unpaired) electrons. The SMILES string of the molecule is CCc1cccc(CC)c1N(CCl)C(=O)COC(C)=O. The number of esters is 1. The first-order chi connectivity index (χ1) is 9.54. The lowest BCUT2D eigenvalue weighted by Gasteiger charge is -2.25. The summed E-state index contributed by atoms with van der Waals surface area (Å²) in [5.74, 6) is -0.793. The fourth-order valence-corrected chi connectivity index (χ4v) is 2.31. The van der Waals surface area contributed by atoms with Gasteiger partial charge in [-0.3, -0.25) is 14.5 Å². The molecule has 0 saturated carbocycles. The molecule has 0 unspecified atom stereocenters. The van der Waals surface area contributed by atoms with Crippen LogP contribution in [0.4, 0.5) is 5.69 Å². The second kappa shape index (κ2) is 7.90. The normalized spacial score (nSPS) is 10.2. The van der Waals surface area contributed by atoms with E-state index < -0.39 is 5.97 Å². The number of amides is 1. The fourth-order valence-electron chi connectivity index (χ4n) is 2.05. The molecular formula is C15H20ClNO3. The minimum Gasteiger partial charge on any atom is -0.456 e. The third-order valence-electron chi connectivity index (χ3n) is 3.05. The van der Waals surface area contributed by atoms with Gasteiger partial charge >= 0.3 is 5.97 Å². The summed E-state index contributed by atoms with van der Waals surface area (Å²) in [4.78, 5) is 24.5. The van der Waals surface area contributed by atoms with E-state index >= 15 is 0 Å². The maximum atomic E-state index is 12.2. The van der Waals surface area contributed by atoms with Gasteiger partial charge in [0, 0.05) is 6.92 Å². The number of hydrogen-bond donors (Lipinski definition) is 0. The summed E-state index contributed by atoms with van der Waals surface area (Å²) in [5.41, 5.74) is 2.95. The number of hydrogen-bond acceptors (Lipinski definition) is 3. The number of halogens is 1. The molecule has 0 N–H and O–H groups in total. The molecule has 0 aromatic heterocycles. The molecule has 5 heteroatoms. The molecule has 0 aliphatic heterocycles. The van der Waals surface area contributed by atoms with Crippen LogP contribution in [0.15, 0.2) is 18.2 Å². The summed E-state index contributed by atoms with van der Waals surface area (Å²) in [5, 5.41) is 0. The van der Waals surface area contributed by atoms with Gasteiger partial charge in [0.1, 0.15) is 6.00 Å². The van der Waals surface area contributed by atoms with Crippen molar-refractivity contribution in [1.29, 1.82) is 0 Å². The van der Waals surface area contributed by atoms with E-state index in [1.807, 2.05) is 32.0 Å². The Bertz CT molecular complexity index is 466. The number of para-hydroxylation sites is 1. The zero-order valence-corrected chi connectivity index (χ0v) is 12.9. The molecule has 0 aliphatic rings. The van der Waals surface area contributed by atoms with Crippen molar-refractivity contribution >= 4 is 29.2 Å². The maximum absolute atomic E-state index is 12.2. The lowest BCUT2D eigenvalue weighted by molar-refractivity contribution is -0.145. The Labute approximate surface area is 124 Å². The minimum atomic E-state index is -0.479. The van der Waals surface area contributed by atoms with E-state index in [2.05, 4.69) is 0 Å². The first-order valence-electron chi connectivity index (χ1n) is 6.65. The summed E-state index contributed by atoms with van der Waals surface area (Å²) >= 11 is 5.93. The van der Waals surface area contributed by atoms with Gasteiger partial charge in [0.15, 0.2) is 6.61 Å². The number of anilines is 1. The molecule has 0 heterocycles. The summed E-state index contributed by atoms with van der Waals surface area (Å²) in [7, 11) is 0. The van der Waals surface area contributed by atoms with Gasteiger partial charge in [-0.2, -0.15) is 0 Å². The van der Waals surface area contributed by atoms with Crippen LogP contribution in [0.25, 0.3) is 0 Å². The number of alkyl halides is 1. The van der Waals surface area contributed by atoms with Crippen LogP contribution in [0.1, 0.15) is 31.9 Å². The lowest BCUT2D eigenvalue weighted by Crippen LogP contribution is -2.35. The Hall–Kier alpha value is -1.55. The highest BCUT2D eigenvalue weighted by Crippen LogP contribution is 2.27. The monoisotopic (exact) mass is 297 g/mol. The van der Waals surface area contributed by atoms with Crippen molar-refractivity contribution in [2.24, 2.45) is 0 Å². The predicted molar refractivity (Wildman–Crippen MR) is 80.0 cm³/mol. The van der Waals surface area contributed by atoms with E-state index in [0.717, 1.165) is 29.7 Å². The van der Waals surface area contributed by atoms with Crippen LogP contribution >= 0.6 is 11.6 Å². The number of aryl methyl sites for hydroxylation is 2. The molecule has 1 amide bonds. The van der Waals surface area contributed by atoms with E-state index in [0.29, 0.717) is 0 Å². The van der Waals surface area contributed by atoms with Gasteiger partial charge in [-0.25, -0.2) is 0 Å². The Morgan fingerprint density at radius 3 is 2.15 bits per heavy atom. The van der Waals surface area contributed by atoms with Gasteiger partial charge in [0.25, 0.3) is 5.91 Å². The molecule has 0 atom stereocenters. The van der Waals surface area contributed by atoms with Crippen molar-refractivity contribution in [1.82, 2.24) is 0 Å². The van der Waals surface area contributed by atoms with Crippen LogP contribution in [0.3, 0.4) is 0 Å². The van der Waals surface area contributed by atoms with Crippen molar-refractivity contribution in [2.45, 2.75) is 33.6 Å². The number of nitrogens with zero attached hydrogens (tertiary/aromatic N) is 1. The highest BCUT2D eigenvalue weighted by Gasteiger charge is 2.20. The first-order valence-corrected chi connectivity index (χ1v) is 7.19. The average Bonchev–Trinajstić information content (AvgIpc) is 2.45. The first kappa shape index (κ1) is 16.5. The zero-order valence-electron chi connectivity index (χ0n) is 12.1. The van der Waals surface area contributed by atoms with Crippen molar-refractivity contribution in [3.63, 3.8) is 0 Å². The predicted octanol–water partition coefficient (Wildman–Crippen LogP) is 2.90. The van der Waals surface area contributed by atoms with Crippen LogP contribution < -0.4 is 4.90 Å². The summed E-state index contributed by atoms with van der Waals surface area (Å²) in [6, 6.07) is 5.97. The molecule has 1 aromatic rings. The van der Waals surface area contributed by atoms with Gasteiger partial charge in [0.2, 0.25) is 0 Å². The molecule has 110 valence electrons. The average molecular weight is 298 g/mol. The molecule has 0 saturated heterocycles. The van der Waals surface area contributed by atoms with E-state index in [9.17, 15) is 9.59 Å². The smallest absolute Gasteiger partial charge is 0.303 e.